The van der Waals surface area contributed by atoms with Crippen LogP contribution in [0, 0.1) is 5.41 Å². The molecule has 7 nitrogen and oxygen atoms in total. The maximum Gasteiger partial charge on any atom is 0.330 e. The van der Waals surface area contributed by atoms with Gasteiger partial charge in [0.15, 0.2) is 0 Å². The van der Waals surface area contributed by atoms with E-state index in [4.69, 9.17) is 4.84 Å². The lowest BCUT2D eigenvalue weighted by Crippen LogP contribution is -2.47. The van der Waals surface area contributed by atoms with Gasteiger partial charge >= 0.3 is 5.97 Å². The number of fused-ring (bicyclic) bond motifs is 1. The van der Waals surface area contributed by atoms with Crippen molar-refractivity contribution in [2.45, 2.75) is 46.1 Å². The average Bonchev–Trinajstić information content (AvgIpc) is 3.26. The predicted molar refractivity (Wildman–Crippen MR) is 109 cm³/mol. The summed E-state index contributed by atoms with van der Waals surface area (Å²) in [7, 11) is 1.58. The molecule has 1 aromatic rings. The minimum atomic E-state index is -0.635. The van der Waals surface area contributed by atoms with Crippen molar-refractivity contribution >= 4 is 39.4 Å². The number of carbonyl (C=O) groups is 3. The quantitative estimate of drug-likeness (QED) is 0.763. The van der Waals surface area contributed by atoms with Gasteiger partial charge in [-0.25, -0.2) is 4.79 Å². The molecule has 2 heterocycles. The van der Waals surface area contributed by atoms with E-state index < -0.39 is 11.5 Å². The smallest absolute Gasteiger partial charge is 0.330 e. The molecule has 1 aromatic carbocycles. The average molecular weight is 452 g/mol. The largest absolute Gasteiger partial charge is 0.367 e. The molecule has 2 amide bonds. The number of halogens is 1. The van der Waals surface area contributed by atoms with Crippen LogP contribution in [-0.4, -0.2) is 49.0 Å². The maximum absolute atomic E-state index is 13.3. The first-order valence-electron chi connectivity index (χ1n) is 9.48. The van der Waals surface area contributed by atoms with Crippen molar-refractivity contribution in [1.29, 1.82) is 0 Å². The first-order chi connectivity index (χ1) is 13.1. The molecule has 28 heavy (non-hydrogen) atoms. The fourth-order valence-corrected chi connectivity index (χ4v) is 4.13. The highest BCUT2D eigenvalue weighted by atomic mass is 79.9. The van der Waals surface area contributed by atoms with Gasteiger partial charge in [-0.15, -0.1) is 5.06 Å². The van der Waals surface area contributed by atoms with Crippen LogP contribution in [0.1, 0.15) is 49.5 Å². The Morgan fingerprint density at radius 1 is 1.21 bits per heavy atom. The lowest BCUT2D eigenvalue weighted by molar-refractivity contribution is -0.204. The van der Waals surface area contributed by atoms with Gasteiger partial charge in [0.05, 0.1) is 5.41 Å². The Labute approximate surface area is 173 Å². The molecular formula is C20H26BrN3O4. The van der Waals surface area contributed by atoms with Gasteiger partial charge < -0.3 is 15.1 Å². The predicted octanol–water partition coefficient (Wildman–Crippen LogP) is 2.67. The zero-order valence-corrected chi connectivity index (χ0v) is 18.3. The molecule has 0 unspecified atom stereocenters. The van der Waals surface area contributed by atoms with Crippen LogP contribution < -0.4 is 10.2 Å². The highest BCUT2D eigenvalue weighted by Gasteiger charge is 2.40. The van der Waals surface area contributed by atoms with E-state index >= 15 is 0 Å². The summed E-state index contributed by atoms with van der Waals surface area (Å²) in [5.41, 5.74) is 1.61. The summed E-state index contributed by atoms with van der Waals surface area (Å²) in [6, 6.07) is 3.03. The van der Waals surface area contributed by atoms with Crippen LogP contribution in [0.15, 0.2) is 16.6 Å². The Morgan fingerprint density at radius 2 is 1.93 bits per heavy atom. The van der Waals surface area contributed by atoms with Crippen molar-refractivity contribution < 1.29 is 19.2 Å². The summed E-state index contributed by atoms with van der Waals surface area (Å²) < 4.78 is 0.821. The normalized spacial score (nSPS) is 19.5. The molecule has 0 spiro atoms. The number of nitrogens with zero attached hydrogens (tertiary/aromatic N) is 2. The maximum atomic E-state index is 13.3. The molecule has 0 aliphatic carbocycles. The molecule has 8 heteroatoms. The number of rotatable bonds is 3. The molecule has 152 valence electrons. The van der Waals surface area contributed by atoms with Crippen LogP contribution in [0.4, 0.5) is 5.69 Å². The molecule has 1 N–H and O–H groups in total. The van der Waals surface area contributed by atoms with Gasteiger partial charge in [0, 0.05) is 35.9 Å². The summed E-state index contributed by atoms with van der Waals surface area (Å²) in [6.45, 7) is 6.45. The van der Waals surface area contributed by atoms with Crippen LogP contribution in [0.3, 0.4) is 0 Å². The minimum absolute atomic E-state index is 0.0982. The van der Waals surface area contributed by atoms with Crippen molar-refractivity contribution in [1.82, 2.24) is 10.4 Å². The third-order valence-corrected chi connectivity index (χ3v) is 5.81. The van der Waals surface area contributed by atoms with E-state index in [0.29, 0.717) is 31.5 Å². The van der Waals surface area contributed by atoms with Gasteiger partial charge in [-0.3, -0.25) is 9.59 Å². The second kappa shape index (κ2) is 7.83. The third-order valence-electron chi connectivity index (χ3n) is 5.10. The molecule has 2 aliphatic heterocycles. The van der Waals surface area contributed by atoms with Crippen molar-refractivity contribution in [2.24, 2.45) is 5.41 Å². The van der Waals surface area contributed by atoms with Crippen molar-refractivity contribution in [3.63, 3.8) is 0 Å². The van der Waals surface area contributed by atoms with Gasteiger partial charge in [0.25, 0.3) is 5.91 Å². The third kappa shape index (κ3) is 3.93. The second-order valence-electron chi connectivity index (χ2n) is 8.20. The molecule has 3 rings (SSSR count). The number of hydrogen-bond donors (Lipinski definition) is 1. The molecule has 2 aliphatic rings. The first kappa shape index (κ1) is 20.8. The van der Waals surface area contributed by atoms with Crippen molar-refractivity contribution in [3.05, 3.63) is 27.7 Å². The molecule has 1 saturated heterocycles. The van der Waals surface area contributed by atoms with Crippen molar-refractivity contribution in [2.75, 3.05) is 25.0 Å². The van der Waals surface area contributed by atoms with Crippen LogP contribution in [0.25, 0.3) is 0 Å². The number of benzene rings is 1. The second-order valence-corrected chi connectivity index (χ2v) is 9.06. The van der Waals surface area contributed by atoms with E-state index in [-0.39, 0.29) is 17.8 Å². The Kier molecular flexibility index (Phi) is 5.82. The highest BCUT2D eigenvalue weighted by molar-refractivity contribution is 9.10. The zero-order chi connectivity index (χ0) is 20.6. The van der Waals surface area contributed by atoms with E-state index in [1.165, 1.54) is 5.06 Å². The van der Waals surface area contributed by atoms with Gasteiger partial charge in [-0.2, -0.15) is 0 Å². The first-order valence-corrected chi connectivity index (χ1v) is 10.3. The topological polar surface area (TPSA) is 79.0 Å². The fourth-order valence-electron chi connectivity index (χ4n) is 3.48. The number of hydrogen-bond acceptors (Lipinski definition) is 5. The lowest BCUT2D eigenvalue weighted by Gasteiger charge is -2.29. The SMILES string of the molecule is CNC(=O)c1cc(Br)c2c(c1)N(C(=O)[C@@H]1CCCN1OC(=O)C(C)(C)C)CC2. The molecule has 1 fully saturated rings. The van der Waals surface area contributed by atoms with Crippen molar-refractivity contribution in [3.8, 4) is 0 Å². The Hall–Kier alpha value is -1.93. The number of nitrogens with one attached hydrogen (secondary N) is 1. The van der Waals surface area contributed by atoms with Gasteiger partial charge in [0.1, 0.15) is 6.04 Å². The van der Waals surface area contributed by atoms with Gasteiger partial charge in [-0.1, -0.05) is 15.9 Å². The summed E-state index contributed by atoms with van der Waals surface area (Å²) in [5.74, 6) is -0.651. The fraction of sp³-hybridized carbons (Fsp3) is 0.550. The summed E-state index contributed by atoms with van der Waals surface area (Å²) in [6.07, 6.45) is 2.14. The number of carbonyl (C=O) groups excluding carboxylic acids is 3. The molecule has 1 atom stereocenters. The molecule has 0 bridgehead atoms. The zero-order valence-electron chi connectivity index (χ0n) is 16.7. The van der Waals surface area contributed by atoms with Crippen LogP contribution in [0.2, 0.25) is 0 Å². The molecule has 0 radical (unpaired) electrons. The summed E-state index contributed by atoms with van der Waals surface area (Å²) in [5, 5.41) is 4.13. The van der Waals surface area contributed by atoms with E-state index in [0.717, 1.165) is 22.1 Å². The summed E-state index contributed by atoms with van der Waals surface area (Å²) in [4.78, 5) is 44.9. The minimum Gasteiger partial charge on any atom is -0.367 e. The van der Waals surface area contributed by atoms with Crippen LogP contribution >= 0.6 is 15.9 Å². The van der Waals surface area contributed by atoms with E-state index in [2.05, 4.69) is 21.2 Å². The highest BCUT2D eigenvalue weighted by Crippen LogP contribution is 2.37. The Balaban J connectivity index is 1.84. The number of anilines is 1. The number of hydroxylamine groups is 2. The standard InChI is InChI=1S/C20H26BrN3O4/c1-20(2,3)19(27)28-24-8-5-6-15(24)18(26)23-9-7-13-14(21)10-12(11-16(13)23)17(25)22-4/h10-11,15H,5-9H2,1-4H3,(H,22,25)/t15-/m0/s1. The van der Waals surface area contributed by atoms with Crippen LogP contribution in [-0.2, 0) is 20.8 Å². The Morgan fingerprint density at radius 3 is 2.57 bits per heavy atom. The molecule has 0 saturated carbocycles. The monoisotopic (exact) mass is 451 g/mol. The van der Waals surface area contributed by atoms with E-state index in [1.54, 1.807) is 44.9 Å². The van der Waals surface area contributed by atoms with E-state index in [9.17, 15) is 14.4 Å². The number of amides is 2. The molecular weight excluding hydrogens is 426 g/mol. The van der Waals surface area contributed by atoms with Gasteiger partial charge in [0.2, 0.25) is 5.91 Å². The summed E-state index contributed by atoms with van der Waals surface area (Å²) >= 11 is 3.52. The lowest BCUT2D eigenvalue weighted by atomic mass is 9.98. The van der Waals surface area contributed by atoms with Crippen LogP contribution in [0.5, 0.6) is 0 Å². The molecule has 0 aromatic heterocycles. The van der Waals surface area contributed by atoms with Gasteiger partial charge in [-0.05, 0) is 57.7 Å². The Bertz CT molecular complexity index is 818. The van der Waals surface area contributed by atoms with E-state index in [1.807, 2.05) is 0 Å².